The number of aliphatic hydroxyl groups is 1. The van der Waals surface area contributed by atoms with E-state index < -0.39 is 30.8 Å². The van der Waals surface area contributed by atoms with Crippen LogP contribution in [0.4, 0.5) is 23.7 Å². The molecule has 3 N–H and O–H groups in total. The van der Waals surface area contributed by atoms with E-state index in [1.165, 1.54) is 6.92 Å². The first kappa shape index (κ1) is 16.3. The highest BCUT2D eigenvalue weighted by molar-refractivity contribution is 5.89. The highest BCUT2D eigenvalue weighted by Crippen LogP contribution is 2.21. The van der Waals surface area contributed by atoms with Gasteiger partial charge in [-0.25, -0.2) is 4.79 Å². The van der Waals surface area contributed by atoms with Crippen LogP contribution < -0.4 is 10.6 Å². The monoisotopic (exact) mass is 290 g/mol. The lowest BCUT2D eigenvalue weighted by atomic mass is 10.1. The standard InChI is InChI=1S/C13H17F3N2O2/c1-8(7-13(14,15)16)17-12(20)18-11-5-3-4-10(6-11)9(2)19/h3-6,8-9,19H,7H2,1-2H3,(H2,17,18,20). The van der Waals surface area contributed by atoms with Crippen LogP contribution in [0.2, 0.25) is 0 Å². The van der Waals surface area contributed by atoms with Gasteiger partial charge in [0.05, 0.1) is 12.5 Å². The van der Waals surface area contributed by atoms with Crippen LogP contribution in [0.25, 0.3) is 0 Å². The minimum Gasteiger partial charge on any atom is -0.389 e. The lowest BCUT2D eigenvalue weighted by Crippen LogP contribution is -2.38. The Kier molecular flexibility index (Phi) is 5.38. The largest absolute Gasteiger partial charge is 0.391 e. The predicted molar refractivity (Wildman–Crippen MR) is 69.4 cm³/mol. The van der Waals surface area contributed by atoms with Gasteiger partial charge < -0.3 is 15.7 Å². The van der Waals surface area contributed by atoms with Crippen LogP contribution in [0.1, 0.15) is 31.9 Å². The lowest BCUT2D eigenvalue weighted by Gasteiger charge is -2.16. The van der Waals surface area contributed by atoms with Crippen molar-refractivity contribution in [2.24, 2.45) is 0 Å². The Hall–Kier alpha value is -1.76. The smallest absolute Gasteiger partial charge is 0.389 e. The average molecular weight is 290 g/mol. The Bertz CT molecular complexity index is 461. The van der Waals surface area contributed by atoms with E-state index in [2.05, 4.69) is 10.6 Å². The fourth-order valence-corrected chi connectivity index (χ4v) is 1.67. The Labute approximate surface area is 115 Å². The Morgan fingerprint density at radius 1 is 1.35 bits per heavy atom. The number of hydrogen-bond acceptors (Lipinski definition) is 2. The molecule has 0 fully saturated rings. The van der Waals surface area contributed by atoms with Crippen LogP contribution >= 0.6 is 0 Å². The first-order valence-corrected chi connectivity index (χ1v) is 6.09. The number of urea groups is 1. The van der Waals surface area contributed by atoms with E-state index in [4.69, 9.17) is 0 Å². The van der Waals surface area contributed by atoms with Crippen molar-refractivity contribution in [1.82, 2.24) is 5.32 Å². The van der Waals surface area contributed by atoms with Crippen molar-refractivity contribution >= 4 is 11.7 Å². The molecule has 0 aliphatic heterocycles. The minimum absolute atomic E-state index is 0.403. The molecular weight excluding hydrogens is 273 g/mol. The van der Waals surface area contributed by atoms with Crippen LogP contribution in [-0.2, 0) is 0 Å². The van der Waals surface area contributed by atoms with Crippen molar-refractivity contribution in [1.29, 1.82) is 0 Å². The molecule has 7 heteroatoms. The molecule has 0 heterocycles. The zero-order valence-corrected chi connectivity index (χ0v) is 11.2. The first-order chi connectivity index (χ1) is 9.17. The van der Waals surface area contributed by atoms with Gasteiger partial charge in [-0.3, -0.25) is 0 Å². The number of carbonyl (C=O) groups excluding carboxylic acids is 1. The number of aliphatic hydroxyl groups excluding tert-OH is 1. The second-order valence-corrected chi connectivity index (χ2v) is 4.62. The summed E-state index contributed by atoms with van der Waals surface area (Å²) in [5, 5.41) is 14.0. The Balaban J connectivity index is 2.56. The van der Waals surface area contributed by atoms with Gasteiger partial charge in [-0.15, -0.1) is 0 Å². The highest BCUT2D eigenvalue weighted by Gasteiger charge is 2.30. The molecule has 1 aromatic carbocycles. The summed E-state index contributed by atoms with van der Waals surface area (Å²) in [6.07, 6.45) is -6.10. The number of nitrogens with one attached hydrogen (secondary N) is 2. The number of rotatable bonds is 4. The van der Waals surface area contributed by atoms with E-state index in [0.717, 1.165) is 0 Å². The minimum atomic E-state index is -4.32. The first-order valence-electron chi connectivity index (χ1n) is 6.09. The fraction of sp³-hybridized carbons (Fsp3) is 0.462. The molecule has 0 saturated heterocycles. The van der Waals surface area contributed by atoms with Gasteiger partial charge in [-0.2, -0.15) is 13.2 Å². The van der Waals surface area contributed by atoms with Crippen LogP contribution in [0.5, 0.6) is 0 Å². The van der Waals surface area contributed by atoms with Crippen LogP contribution in [0.3, 0.4) is 0 Å². The average Bonchev–Trinajstić information content (AvgIpc) is 2.25. The molecule has 0 spiro atoms. The SMILES string of the molecule is CC(CC(F)(F)F)NC(=O)Nc1cccc(C(C)O)c1. The molecule has 0 aliphatic rings. The van der Waals surface area contributed by atoms with Crippen molar-refractivity contribution in [2.75, 3.05) is 5.32 Å². The normalized spacial score (nSPS) is 14.5. The topological polar surface area (TPSA) is 61.4 Å². The van der Waals surface area contributed by atoms with E-state index in [1.54, 1.807) is 31.2 Å². The van der Waals surface area contributed by atoms with Gasteiger partial charge in [0.1, 0.15) is 0 Å². The number of anilines is 1. The van der Waals surface area contributed by atoms with E-state index in [-0.39, 0.29) is 0 Å². The summed E-state index contributed by atoms with van der Waals surface area (Å²) in [5.41, 5.74) is 1.01. The van der Waals surface area contributed by atoms with Crippen molar-refractivity contribution in [3.63, 3.8) is 0 Å². The summed E-state index contributed by atoms with van der Waals surface area (Å²) in [5.74, 6) is 0. The number of amides is 2. The van der Waals surface area contributed by atoms with Crippen LogP contribution in [-0.4, -0.2) is 23.4 Å². The second-order valence-electron chi connectivity index (χ2n) is 4.62. The molecular formula is C13H17F3N2O2. The molecule has 0 bridgehead atoms. The van der Waals surface area contributed by atoms with E-state index in [9.17, 15) is 23.1 Å². The number of benzene rings is 1. The van der Waals surface area contributed by atoms with Crippen LogP contribution in [0.15, 0.2) is 24.3 Å². The van der Waals surface area contributed by atoms with Crippen LogP contribution in [0, 0.1) is 0 Å². The molecule has 0 aliphatic carbocycles. The lowest BCUT2D eigenvalue weighted by molar-refractivity contribution is -0.138. The van der Waals surface area contributed by atoms with Gasteiger partial charge in [0.25, 0.3) is 0 Å². The third kappa shape index (κ3) is 5.92. The zero-order chi connectivity index (χ0) is 15.3. The fourth-order valence-electron chi connectivity index (χ4n) is 1.67. The third-order valence-electron chi connectivity index (χ3n) is 2.54. The molecule has 1 rings (SSSR count). The number of carbonyl (C=O) groups is 1. The molecule has 0 aromatic heterocycles. The van der Waals surface area contributed by atoms with E-state index in [1.807, 2.05) is 0 Å². The molecule has 20 heavy (non-hydrogen) atoms. The maximum atomic E-state index is 12.1. The maximum Gasteiger partial charge on any atom is 0.391 e. The highest BCUT2D eigenvalue weighted by atomic mass is 19.4. The number of hydrogen-bond donors (Lipinski definition) is 3. The second kappa shape index (κ2) is 6.60. The van der Waals surface area contributed by atoms with Crippen molar-refractivity contribution < 1.29 is 23.1 Å². The summed E-state index contributed by atoms with van der Waals surface area (Å²) in [7, 11) is 0. The van der Waals surface area contributed by atoms with E-state index >= 15 is 0 Å². The summed E-state index contributed by atoms with van der Waals surface area (Å²) in [6, 6.07) is 4.72. The van der Waals surface area contributed by atoms with Crippen molar-refractivity contribution in [3.05, 3.63) is 29.8 Å². The summed E-state index contributed by atoms with van der Waals surface area (Å²) >= 11 is 0. The quantitative estimate of drug-likeness (QED) is 0.797. The van der Waals surface area contributed by atoms with Gasteiger partial charge in [-0.05, 0) is 31.5 Å². The Morgan fingerprint density at radius 3 is 2.55 bits per heavy atom. The van der Waals surface area contributed by atoms with Gasteiger partial charge >= 0.3 is 12.2 Å². The summed E-state index contributed by atoms with van der Waals surface area (Å²) in [4.78, 5) is 11.5. The number of alkyl halides is 3. The molecule has 112 valence electrons. The third-order valence-corrected chi connectivity index (χ3v) is 2.54. The summed E-state index contributed by atoms with van der Waals surface area (Å²) < 4.78 is 36.4. The van der Waals surface area contributed by atoms with Crippen molar-refractivity contribution in [3.8, 4) is 0 Å². The van der Waals surface area contributed by atoms with Gasteiger partial charge in [0.15, 0.2) is 0 Å². The molecule has 0 saturated carbocycles. The maximum absolute atomic E-state index is 12.1. The Morgan fingerprint density at radius 2 is 2.00 bits per heavy atom. The molecule has 1 aromatic rings. The van der Waals surface area contributed by atoms with E-state index in [0.29, 0.717) is 11.3 Å². The van der Waals surface area contributed by atoms with Gasteiger partial charge in [0.2, 0.25) is 0 Å². The molecule has 4 nitrogen and oxygen atoms in total. The van der Waals surface area contributed by atoms with Gasteiger partial charge in [0, 0.05) is 11.7 Å². The zero-order valence-electron chi connectivity index (χ0n) is 11.2. The summed E-state index contributed by atoms with van der Waals surface area (Å²) in [6.45, 7) is 2.85. The molecule has 2 amide bonds. The molecule has 2 atom stereocenters. The van der Waals surface area contributed by atoms with Crippen molar-refractivity contribution in [2.45, 2.75) is 38.6 Å². The molecule has 0 radical (unpaired) electrons. The number of halogens is 3. The predicted octanol–water partition coefficient (Wildman–Crippen LogP) is 3.20. The molecule has 2 unspecified atom stereocenters. The van der Waals surface area contributed by atoms with Gasteiger partial charge in [-0.1, -0.05) is 12.1 Å².